The Balaban J connectivity index is 1.93. The van der Waals surface area contributed by atoms with E-state index in [0.29, 0.717) is 17.4 Å². The van der Waals surface area contributed by atoms with Crippen LogP contribution < -0.4 is 5.73 Å². The number of rotatable bonds is 2. The molecule has 3 rings (SSSR count). The van der Waals surface area contributed by atoms with Gasteiger partial charge in [-0.25, -0.2) is 9.37 Å². The third kappa shape index (κ3) is 1.96. The van der Waals surface area contributed by atoms with Crippen LogP contribution in [-0.4, -0.2) is 9.55 Å². The summed E-state index contributed by atoms with van der Waals surface area (Å²) >= 11 is 0. The summed E-state index contributed by atoms with van der Waals surface area (Å²) in [4.78, 5) is 4.24. The van der Waals surface area contributed by atoms with E-state index in [4.69, 9.17) is 5.73 Å². The summed E-state index contributed by atoms with van der Waals surface area (Å²) in [7, 11) is 0. The van der Waals surface area contributed by atoms with E-state index in [1.807, 2.05) is 4.57 Å². The Morgan fingerprint density at radius 1 is 1.44 bits per heavy atom. The van der Waals surface area contributed by atoms with Crippen LogP contribution in [0, 0.1) is 17.7 Å². The molecule has 2 aromatic rings. The van der Waals surface area contributed by atoms with Gasteiger partial charge in [0.05, 0.1) is 11.0 Å². The summed E-state index contributed by atoms with van der Waals surface area (Å²) in [5, 5.41) is 0. The van der Waals surface area contributed by atoms with E-state index in [1.165, 1.54) is 31.4 Å². The lowest BCUT2D eigenvalue weighted by Gasteiger charge is -2.12. The average molecular weight is 247 g/mol. The van der Waals surface area contributed by atoms with Crippen molar-refractivity contribution < 1.29 is 4.39 Å². The highest BCUT2D eigenvalue weighted by molar-refractivity contribution is 5.78. The summed E-state index contributed by atoms with van der Waals surface area (Å²) < 4.78 is 15.2. The van der Waals surface area contributed by atoms with Gasteiger partial charge in [0.2, 0.25) is 5.95 Å². The van der Waals surface area contributed by atoms with Gasteiger partial charge in [-0.3, -0.25) is 0 Å². The minimum absolute atomic E-state index is 0.262. The SMILES string of the molecule is CC1CCC(Cn2c(N)nc3cc(F)ccc32)C1. The smallest absolute Gasteiger partial charge is 0.201 e. The molecule has 0 spiro atoms. The first-order chi connectivity index (χ1) is 8.63. The lowest BCUT2D eigenvalue weighted by Crippen LogP contribution is -2.10. The van der Waals surface area contributed by atoms with Crippen molar-refractivity contribution in [3.63, 3.8) is 0 Å². The second-order valence-corrected chi connectivity index (χ2v) is 5.50. The van der Waals surface area contributed by atoms with Gasteiger partial charge in [-0.15, -0.1) is 0 Å². The van der Waals surface area contributed by atoms with E-state index >= 15 is 0 Å². The van der Waals surface area contributed by atoms with Crippen LogP contribution in [0.5, 0.6) is 0 Å². The molecule has 0 bridgehead atoms. The monoisotopic (exact) mass is 247 g/mol. The Bertz CT molecular complexity index is 576. The normalized spacial score (nSPS) is 23.9. The Hall–Kier alpha value is -1.58. The minimum atomic E-state index is -0.262. The van der Waals surface area contributed by atoms with Gasteiger partial charge < -0.3 is 10.3 Å². The van der Waals surface area contributed by atoms with Crippen molar-refractivity contribution in [1.29, 1.82) is 0 Å². The number of nitrogens with zero attached hydrogens (tertiary/aromatic N) is 2. The number of nitrogens with two attached hydrogens (primary N) is 1. The highest BCUT2D eigenvalue weighted by Crippen LogP contribution is 2.33. The molecule has 1 aromatic carbocycles. The molecule has 1 heterocycles. The summed E-state index contributed by atoms with van der Waals surface area (Å²) in [6, 6.07) is 4.68. The van der Waals surface area contributed by atoms with Crippen molar-refractivity contribution >= 4 is 17.0 Å². The van der Waals surface area contributed by atoms with E-state index in [1.54, 1.807) is 6.07 Å². The van der Waals surface area contributed by atoms with Crippen molar-refractivity contribution in [1.82, 2.24) is 9.55 Å². The van der Waals surface area contributed by atoms with Crippen molar-refractivity contribution in [3.8, 4) is 0 Å². The van der Waals surface area contributed by atoms with Crippen LogP contribution in [-0.2, 0) is 6.54 Å². The topological polar surface area (TPSA) is 43.8 Å². The number of halogens is 1. The molecule has 0 amide bonds. The summed E-state index contributed by atoms with van der Waals surface area (Å²) in [5.74, 6) is 1.71. The summed E-state index contributed by atoms with van der Waals surface area (Å²) in [5.41, 5.74) is 7.54. The first kappa shape index (κ1) is 11.5. The first-order valence-electron chi connectivity index (χ1n) is 6.54. The molecule has 0 radical (unpaired) electrons. The van der Waals surface area contributed by atoms with Crippen LogP contribution in [0.3, 0.4) is 0 Å². The number of benzene rings is 1. The predicted molar refractivity (Wildman–Crippen MR) is 70.6 cm³/mol. The molecular weight excluding hydrogens is 229 g/mol. The van der Waals surface area contributed by atoms with Crippen LogP contribution in [0.4, 0.5) is 10.3 Å². The highest BCUT2D eigenvalue weighted by atomic mass is 19.1. The number of hydrogen-bond acceptors (Lipinski definition) is 2. The molecular formula is C14H18FN3. The fourth-order valence-corrected chi connectivity index (χ4v) is 3.06. The molecule has 0 aliphatic heterocycles. The molecule has 1 aliphatic rings. The number of aromatic nitrogens is 2. The zero-order chi connectivity index (χ0) is 12.7. The van der Waals surface area contributed by atoms with Crippen molar-refractivity contribution in [2.75, 3.05) is 5.73 Å². The molecule has 1 saturated carbocycles. The van der Waals surface area contributed by atoms with Gasteiger partial charge in [0.1, 0.15) is 5.82 Å². The molecule has 2 unspecified atom stereocenters. The van der Waals surface area contributed by atoms with E-state index in [2.05, 4.69) is 11.9 Å². The number of nitrogen functional groups attached to an aromatic ring is 1. The maximum absolute atomic E-state index is 13.1. The van der Waals surface area contributed by atoms with Crippen LogP contribution in [0.25, 0.3) is 11.0 Å². The molecule has 96 valence electrons. The summed E-state index contributed by atoms with van der Waals surface area (Å²) in [6.07, 6.45) is 3.80. The number of imidazole rings is 1. The van der Waals surface area contributed by atoms with Crippen LogP contribution in [0.2, 0.25) is 0 Å². The van der Waals surface area contributed by atoms with Gasteiger partial charge in [0, 0.05) is 12.6 Å². The zero-order valence-electron chi connectivity index (χ0n) is 10.6. The third-order valence-corrected chi connectivity index (χ3v) is 3.98. The van der Waals surface area contributed by atoms with Gasteiger partial charge in [-0.2, -0.15) is 0 Å². The van der Waals surface area contributed by atoms with E-state index in [-0.39, 0.29) is 5.82 Å². The highest BCUT2D eigenvalue weighted by Gasteiger charge is 2.23. The molecule has 1 aromatic heterocycles. The molecule has 3 nitrogen and oxygen atoms in total. The largest absolute Gasteiger partial charge is 0.369 e. The Kier molecular flexibility index (Phi) is 2.73. The van der Waals surface area contributed by atoms with Crippen molar-refractivity contribution in [3.05, 3.63) is 24.0 Å². The van der Waals surface area contributed by atoms with Gasteiger partial charge >= 0.3 is 0 Å². The molecule has 4 heteroatoms. The molecule has 18 heavy (non-hydrogen) atoms. The maximum Gasteiger partial charge on any atom is 0.201 e. The second kappa shape index (κ2) is 4.26. The lowest BCUT2D eigenvalue weighted by atomic mass is 10.1. The number of anilines is 1. The molecule has 1 fully saturated rings. The molecule has 2 N–H and O–H groups in total. The zero-order valence-corrected chi connectivity index (χ0v) is 10.6. The van der Waals surface area contributed by atoms with E-state index in [0.717, 1.165) is 18.0 Å². The average Bonchev–Trinajstić information content (AvgIpc) is 2.84. The van der Waals surface area contributed by atoms with Gasteiger partial charge in [0.25, 0.3) is 0 Å². The number of hydrogen-bond donors (Lipinski definition) is 1. The van der Waals surface area contributed by atoms with Crippen LogP contribution >= 0.6 is 0 Å². The Morgan fingerprint density at radius 2 is 2.28 bits per heavy atom. The Labute approximate surface area is 106 Å². The van der Waals surface area contributed by atoms with Crippen molar-refractivity contribution in [2.45, 2.75) is 32.7 Å². The first-order valence-corrected chi connectivity index (χ1v) is 6.54. The third-order valence-electron chi connectivity index (χ3n) is 3.98. The minimum Gasteiger partial charge on any atom is -0.369 e. The molecule has 0 saturated heterocycles. The molecule has 2 atom stereocenters. The maximum atomic E-state index is 13.1. The van der Waals surface area contributed by atoms with Crippen molar-refractivity contribution in [2.24, 2.45) is 11.8 Å². The van der Waals surface area contributed by atoms with Gasteiger partial charge in [0.15, 0.2) is 0 Å². The standard InChI is InChI=1S/C14H18FN3/c1-9-2-3-10(6-9)8-18-13-5-4-11(15)7-12(13)17-14(18)16/h4-5,7,9-10H,2-3,6,8H2,1H3,(H2,16,17). The number of fused-ring (bicyclic) bond motifs is 1. The fraction of sp³-hybridized carbons (Fsp3) is 0.500. The van der Waals surface area contributed by atoms with Gasteiger partial charge in [-0.05, 0) is 36.8 Å². The molecule has 1 aliphatic carbocycles. The predicted octanol–water partition coefficient (Wildman–Crippen LogP) is 3.19. The Morgan fingerprint density at radius 3 is 3.00 bits per heavy atom. The van der Waals surface area contributed by atoms with Crippen LogP contribution in [0.1, 0.15) is 26.2 Å². The van der Waals surface area contributed by atoms with Crippen LogP contribution in [0.15, 0.2) is 18.2 Å². The second-order valence-electron chi connectivity index (χ2n) is 5.50. The quantitative estimate of drug-likeness (QED) is 0.885. The van der Waals surface area contributed by atoms with E-state index < -0.39 is 0 Å². The lowest BCUT2D eigenvalue weighted by molar-refractivity contribution is 0.450. The van der Waals surface area contributed by atoms with Gasteiger partial charge in [-0.1, -0.05) is 13.3 Å². The summed E-state index contributed by atoms with van der Waals surface area (Å²) in [6.45, 7) is 3.20. The van der Waals surface area contributed by atoms with E-state index in [9.17, 15) is 4.39 Å². The fourth-order valence-electron chi connectivity index (χ4n) is 3.06.